The van der Waals surface area contributed by atoms with Crippen LogP contribution in [0.2, 0.25) is 0 Å². The van der Waals surface area contributed by atoms with Crippen molar-refractivity contribution in [2.75, 3.05) is 13.2 Å². The summed E-state index contributed by atoms with van der Waals surface area (Å²) in [7, 11) is 0. The molecule has 23 heavy (non-hydrogen) atoms. The van der Waals surface area contributed by atoms with Gasteiger partial charge < -0.3 is 14.8 Å². The Morgan fingerprint density at radius 3 is 2.52 bits per heavy atom. The van der Waals surface area contributed by atoms with Gasteiger partial charge in [0.05, 0.1) is 18.9 Å². The summed E-state index contributed by atoms with van der Waals surface area (Å²) in [6.45, 7) is 6.51. The number of hydrazone groups is 1. The summed E-state index contributed by atoms with van der Waals surface area (Å²) < 4.78 is 11.2. The van der Waals surface area contributed by atoms with Gasteiger partial charge in [0.2, 0.25) is 0 Å². The van der Waals surface area contributed by atoms with Crippen molar-refractivity contribution in [2.24, 2.45) is 5.10 Å². The van der Waals surface area contributed by atoms with Crippen LogP contribution in [0.3, 0.4) is 0 Å². The van der Waals surface area contributed by atoms with E-state index >= 15 is 0 Å². The van der Waals surface area contributed by atoms with E-state index in [2.05, 4.69) is 15.8 Å². The molecule has 7 heteroatoms. The molecule has 0 bridgehead atoms. The first kappa shape index (κ1) is 16.8. The number of fused-ring (bicyclic) bond motifs is 1. The van der Waals surface area contributed by atoms with E-state index in [1.807, 2.05) is 12.1 Å². The zero-order valence-corrected chi connectivity index (χ0v) is 13.5. The topological polar surface area (TPSA) is 89.0 Å². The van der Waals surface area contributed by atoms with Gasteiger partial charge in [0.25, 0.3) is 0 Å². The predicted molar refractivity (Wildman–Crippen MR) is 85.7 cm³/mol. The molecule has 2 N–H and O–H groups in total. The second-order valence-corrected chi connectivity index (χ2v) is 5.48. The number of benzene rings is 1. The number of nitrogens with one attached hydrogen (secondary N) is 2. The second-order valence-electron chi connectivity index (χ2n) is 5.48. The molecule has 124 valence electrons. The Labute approximate surface area is 135 Å². The van der Waals surface area contributed by atoms with E-state index in [-0.39, 0.29) is 6.04 Å². The van der Waals surface area contributed by atoms with Crippen LogP contribution in [0.25, 0.3) is 0 Å². The molecule has 0 aromatic heterocycles. The minimum Gasteiger partial charge on any atom is -0.490 e. The molecule has 0 atom stereocenters. The van der Waals surface area contributed by atoms with E-state index in [0.29, 0.717) is 30.4 Å². The number of ether oxygens (including phenoxy) is 2. The third kappa shape index (κ3) is 4.70. The first-order valence-corrected chi connectivity index (χ1v) is 7.52. The molecule has 0 fully saturated rings. The Hall–Kier alpha value is -2.57. The lowest BCUT2D eigenvalue weighted by Crippen LogP contribution is -2.41. The number of amides is 2. The molecular weight excluding hydrogens is 298 g/mol. The van der Waals surface area contributed by atoms with Gasteiger partial charge in [-0.2, -0.15) is 5.10 Å². The number of hydrogen-bond acceptors (Lipinski definition) is 5. The van der Waals surface area contributed by atoms with Gasteiger partial charge in [0, 0.05) is 18.0 Å². The van der Waals surface area contributed by atoms with Crippen molar-refractivity contribution in [1.82, 2.24) is 10.7 Å². The van der Waals surface area contributed by atoms with Crippen LogP contribution in [0.15, 0.2) is 23.3 Å². The van der Waals surface area contributed by atoms with E-state index in [1.54, 1.807) is 26.8 Å². The van der Waals surface area contributed by atoms with E-state index < -0.39 is 11.8 Å². The zero-order valence-electron chi connectivity index (χ0n) is 13.5. The van der Waals surface area contributed by atoms with Gasteiger partial charge >= 0.3 is 11.8 Å². The molecule has 1 aliphatic heterocycles. The molecule has 0 radical (unpaired) electrons. The van der Waals surface area contributed by atoms with Crippen LogP contribution in [0, 0.1) is 0 Å². The summed E-state index contributed by atoms with van der Waals surface area (Å²) in [5.74, 6) is -0.166. The summed E-state index contributed by atoms with van der Waals surface area (Å²) >= 11 is 0. The van der Waals surface area contributed by atoms with Gasteiger partial charge in [0.1, 0.15) is 0 Å². The van der Waals surface area contributed by atoms with Gasteiger partial charge in [-0.15, -0.1) is 0 Å². The monoisotopic (exact) mass is 319 g/mol. The minimum atomic E-state index is -0.799. The van der Waals surface area contributed by atoms with Crippen LogP contribution in [-0.2, 0) is 9.59 Å². The fraction of sp³-hybridized carbons (Fsp3) is 0.438. The molecule has 1 heterocycles. The molecule has 2 rings (SSSR count). The zero-order chi connectivity index (χ0) is 16.8. The fourth-order valence-electron chi connectivity index (χ4n) is 1.97. The van der Waals surface area contributed by atoms with E-state index in [4.69, 9.17) is 9.47 Å². The maximum Gasteiger partial charge on any atom is 0.329 e. The number of carbonyl (C=O) groups excluding carboxylic acids is 2. The number of hydrogen-bond donors (Lipinski definition) is 2. The highest BCUT2D eigenvalue weighted by atomic mass is 16.5. The number of carbonyl (C=O) groups is 2. The Morgan fingerprint density at radius 1 is 1.13 bits per heavy atom. The lowest BCUT2D eigenvalue weighted by molar-refractivity contribution is -0.139. The average Bonchev–Trinajstić information content (AvgIpc) is 2.75. The Kier molecular flexibility index (Phi) is 5.56. The molecule has 0 spiro atoms. The highest BCUT2D eigenvalue weighted by molar-refractivity contribution is 6.35. The van der Waals surface area contributed by atoms with Crippen molar-refractivity contribution in [3.05, 3.63) is 23.8 Å². The third-order valence-electron chi connectivity index (χ3n) is 3.12. The van der Waals surface area contributed by atoms with Gasteiger partial charge in [-0.3, -0.25) is 9.59 Å². The van der Waals surface area contributed by atoms with Crippen molar-refractivity contribution in [1.29, 1.82) is 0 Å². The summed E-state index contributed by atoms with van der Waals surface area (Å²) in [6.07, 6.45) is 0.831. The fourth-order valence-corrected chi connectivity index (χ4v) is 1.97. The molecule has 7 nitrogen and oxygen atoms in total. The molecule has 1 aliphatic rings. The summed E-state index contributed by atoms with van der Waals surface area (Å²) in [6, 6.07) is 5.33. The number of rotatable bonds is 3. The van der Waals surface area contributed by atoms with Gasteiger partial charge in [-0.05, 0) is 39.0 Å². The van der Waals surface area contributed by atoms with Crippen LogP contribution in [-0.4, -0.2) is 36.8 Å². The third-order valence-corrected chi connectivity index (χ3v) is 3.12. The van der Waals surface area contributed by atoms with Crippen molar-refractivity contribution >= 4 is 17.5 Å². The van der Waals surface area contributed by atoms with Gasteiger partial charge in [-0.25, -0.2) is 5.43 Å². The van der Waals surface area contributed by atoms with Crippen LogP contribution in [0.1, 0.15) is 32.8 Å². The minimum absolute atomic E-state index is 0.111. The molecule has 1 aromatic carbocycles. The van der Waals surface area contributed by atoms with Crippen LogP contribution < -0.4 is 20.2 Å². The first-order valence-electron chi connectivity index (χ1n) is 7.52. The van der Waals surface area contributed by atoms with Crippen molar-refractivity contribution < 1.29 is 19.1 Å². The molecule has 0 unspecified atom stereocenters. The normalized spacial score (nSPS) is 14.2. The van der Waals surface area contributed by atoms with Crippen LogP contribution >= 0.6 is 0 Å². The molecule has 0 aliphatic carbocycles. The van der Waals surface area contributed by atoms with E-state index in [1.165, 1.54) is 0 Å². The van der Waals surface area contributed by atoms with Crippen LogP contribution in [0.4, 0.5) is 0 Å². The SMILES string of the molecule is C/C(=N/NC(=O)C(=O)NC(C)C)c1ccc2c(c1)OCCCO2. The highest BCUT2D eigenvalue weighted by Crippen LogP contribution is 2.30. The van der Waals surface area contributed by atoms with Crippen LogP contribution in [0.5, 0.6) is 11.5 Å². The highest BCUT2D eigenvalue weighted by Gasteiger charge is 2.14. The predicted octanol–water partition coefficient (Wildman–Crippen LogP) is 1.21. The molecule has 0 saturated heterocycles. The Morgan fingerprint density at radius 2 is 1.83 bits per heavy atom. The van der Waals surface area contributed by atoms with E-state index in [0.717, 1.165) is 12.0 Å². The van der Waals surface area contributed by atoms with E-state index in [9.17, 15) is 9.59 Å². The maximum absolute atomic E-state index is 11.6. The molecule has 1 aromatic rings. The van der Waals surface area contributed by atoms with Crippen molar-refractivity contribution in [3.8, 4) is 11.5 Å². The summed E-state index contributed by atoms with van der Waals surface area (Å²) in [5, 5.41) is 6.45. The second kappa shape index (κ2) is 7.62. The summed E-state index contributed by atoms with van der Waals surface area (Å²) in [4.78, 5) is 23.1. The van der Waals surface area contributed by atoms with Crippen molar-refractivity contribution in [3.63, 3.8) is 0 Å². The smallest absolute Gasteiger partial charge is 0.329 e. The quantitative estimate of drug-likeness (QED) is 0.498. The van der Waals surface area contributed by atoms with Crippen molar-refractivity contribution in [2.45, 2.75) is 33.2 Å². The lowest BCUT2D eigenvalue weighted by Gasteiger charge is -2.09. The lowest BCUT2D eigenvalue weighted by atomic mass is 10.1. The molecular formula is C16H21N3O4. The summed E-state index contributed by atoms with van der Waals surface area (Å²) in [5.41, 5.74) is 3.58. The standard InChI is InChI=1S/C16H21N3O4/c1-10(2)17-15(20)16(21)19-18-11(3)12-5-6-13-14(9-12)23-8-4-7-22-13/h5-6,9-10H,4,7-8H2,1-3H3,(H,17,20)(H,19,21)/b18-11-. The number of nitrogens with zero attached hydrogens (tertiary/aromatic N) is 1. The maximum atomic E-state index is 11.6. The van der Waals surface area contributed by atoms with Gasteiger partial charge in [-0.1, -0.05) is 0 Å². The largest absolute Gasteiger partial charge is 0.490 e. The molecule has 2 amide bonds. The Balaban J connectivity index is 2.05. The average molecular weight is 319 g/mol. The first-order chi connectivity index (χ1) is 11.0. The Bertz CT molecular complexity index is 626. The van der Waals surface area contributed by atoms with Gasteiger partial charge in [0.15, 0.2) is 11.5 Å². The molecule has 0 saturated carbocycles.